The van der Waals surface area contributed by atoms with Gasteiger partial charge in [0.05, 0.1) is 17.1 Å². The Kier molecular flexibility index (Phi) is 9.20. The van der Waals surface area contributed by atoms with E-state index < -0.39 is 0 Å². The summed E-state index contributed by atoms with van der Waals surface area (Å²) in [7, 11) is 0. The summed E-state index contributed by atoms with van der Waals surface area (Å²) in [5.74, 6) is 0. The average Bonchev–Trinajstić information content (AvgIpc) is 2.57. The Morgan fingerprint density at radius 3 is 1.17 bits per heavy atom. The van der Waals surface area contributed by atoms with E-state index in [4.69, 9.17) is 0 Å². The van der Waals surface area contributed by atoms with Crippen LogP contribution in [0.3, 0.4) is 0 Å². The SMILES string of the molecule is [Cl-].[Cu+].c1ccc(CN(Cc2ccccn2)Cc2ccccn2)nc1. The van der Waals surface area contributed by atoms with Gasteiger partial charge in [0.2, 0.25) is 0 Å². The first-order valence-electron chi connectivity index (χ1n) is 7.32. The second kappa shape index (κ2) is 10.9. The Balaban J connectivity index is 0.00000144. The van der Waals surface area contributed by atoms with E-state index in [1.54, 1.807) is 0 Å². The molecule has 0 atom stereocenters. The van der Waals surface area contributed by atoms with Gasteiger partial charge in [0.25, 0.3) is 0 Å². The van der Waals surface area contributed by atoms with Gasteiger partial charge in [-0.05, 0) is 36.4 Å². The van der Waals surface area contributed by atoms with Crippen LogP contribution in [0.1, 0.15) is 17.1 Å². The molecule has 24 heavy (non-hydrogen) atoms. The van der Waals surface area contributed by atoms with Crippen LogP contribution in [0, 0.1) is 0 Å². The molecule has 0 amide bonds. The summed E-state index contributed by atoms with van der Waals surface area (Å²) in [4.78, 5) is 15.6. The number of pyridine rings is 3. The monoisotopic (exact) mass is 388 g/mol. The van der Waals surface area contributed by atoms with E-state index in [1.807, 2.05) is 73.2 Å². The standard InChI is InChI=1S/C18H18N4.ClH.Cu/c1-4-10-19-16(7-1)13-22(14-17-8-2-5-11-20-17)15-18-9-3-6-12-21-18;;/h1-12H,13-15H2;1H;/q;;+1/p-1. The Bertz CT molecular complexity index is 584. The van der Waals surface area contributed by atoms with Crippen molar-refractivity contribution in [3.8, 4) is 0 Å². The summed E-state index contributed by atoms with van der Waals surface area (Å²) in [6, 6.07) is 18.0. The summed E-state index contributed by atoms with van der Waals surface area (Å²) in [5, 5.41) is 0. The van der Waals surface area contributed by atoms with Gasteiger partial charge in [-0.1, -0.05) is 18.2 Å². The van der Waals surface area contributed by atoms with Crippen LogP contribution in [0.5, 0.6) is 0 Å². The molecule has 0 aromatic carbocycles. The van der Waals surface area contributed by atoms with Gasteiger partial charge >= 0.3 is 17.1 Å². The van der Waals surface area contributed by atoms with Crippen LogP contribution in [0.25, 0.3) is 0 Å². The number of hydrogen-bond acceptors (Lipinski definition) is 4. The molecule has 3 aromatic rings. The summed E-state index contributed by atoms with van der Waals surface area (Å²) in [5.41, 5.74) is 3.15. The van der Waals surface area contributed by atoms with E-state index in [2.05, 4.69) is 19.9 Å². The van der Waals surface area contributed by atoms with E-state index >= 15 is 0 Å². The molecule has 0 unspecified atom stereocenters. The number of halogens is 1. The second-order valence-electron chi connectivity index (χ2n) is 5.11. The number of aromatic nitrogens is 3. The molecule has 3 aromatic heterocycles. The minimum atomic E-state index is 0. The van der Waals surface area contributed by atoms with Crippen LogP contribution >= 0.6 is 0 Å². The molecule has 3 heterocycles. The van der Waals surface area contributed by atoms with Gasteiger partial charge in [-0.2, -0.15) is 0 Å². The zero-order valence-corrected chi connectivity index (χ0v) is 14.7. The first-order valence-corrected chi connectivity index (χ1v) is 7.32. The van der Waals surface area contributed by atoms with Crippen LogP contribution in [-0.4, -0.2) is 19.9 Å². The van der Waals surface area contributed by atoms with Crippen molar-refractivity contribution in [2.45, 2.75) is 19.6 Å². The number of rotatable bonds is 6. The summed E-state index contributed by atoms with van der Waals surface area (Å²) >= 11 is 0. The summed E-state index contributed by atoms with van der Waals surface area (Å²) in [6.45, 7) is 2.32. The molecule has 0 aliphatic heterocycles. The molecule has 0 fully saturated rings. The molecule has 0 aliphatic carbocycles. The third-order valence-electron chi connectivity index (χ3n) is 3.34. The Morgan fingerprint density at radius 2 is 0.917 bits per heavy atom. The second-order valence-corrected chi connectivity index (χ2v) is 5.11. The van der Waals surface area contributed by atoms with Crippen molar-refractivity contribution in [3.63, 3.8) is 0 Å². The van der Waals surface area contributed by atoms with E-state index in [-0.39, 0.29) is 29.5 Å². The van der Waals surface area contributed by atoms with E-state index in [9.17, 15) is 0 Å². The minimum Gasteiger partial charge on any atom is -1.00 e. The number of nitrogens with zero attached hydrogens (tertiary/aromatic N) is 4. The van der Waals surface area contributed by atoms with Gasteiger partial charge in [0.1, 0.15) is 0 Å². The van der Waals surface area contributed by atoms with Gasteiger partial charge in [0, 0.05) is 38.2 Å². The molecule has 0 aliphatic rings. The molecule has 6 heteroatoms. The molecule has 0 saturated carbocycles. The van der Waals surface area contributed by atoms with E-state index in [0.29, 0.717) is 0 Å². The van der Waals surface area contributed by atoms with Crippen LogP contribution < -0.4 is 12.4 Å². The zero-order valence-electron chi connectivity index (χ0n) is 13.0. The largest absolute Gasteiger partial charge is 1.00 e. The Labute approximate surface area is 159 Å². The zero-order chi connectivity index (χ0) is 15.0. The predicted molar refractivity (Wildman–Crippen MR) is 85.7 cm³/mol. The van der Waals surface area contributed by atoms with Gasteiger partial charge in [0.15, 0.2) is 0 Å². The Hall–Kier alpha value is -1.78. The van der Waals surface area contributed by atoms with Crippen molar-refractivity contribution < 1.29 is 29.5 Å². The summed E-state index contributed by atoms with van der Waals surface area (Å²) < 4.78 is 0. The van der Waals surface area contributed by atoms with Crippen molar-refractivity contribution in [3.05, 3.63) is 90.3 Å². The van der Waals surface area contributed by atoms with Crippen LogP contribution in [-0.2, 0) is 36.7 Å². The third-order valence-corrected chi connectivity index (χ3v) is 3.34. The minimum absolute atomic E-state index is 0. The van der Waals surface area contributed by atoms with Crippen LogP contribution in [0.2, 0.25) is 0 Å². The maximum absolute atomic E-state index is 4.42. The van der Waals surface area contributed by atoms with Crippen molar-refractivity contribution in [2.75, 3.05) is 0 Å². The molecule has 0 bridgehead atoms. The van der Waals surface area contributed by atoms with Crippen molar-refractivity contribution in [1.82, 2.24) is 19.9 Å². The van der Waals surface area contributed by atoms with Crippen molar-refractivity contribution >= 4 is 0 Å². The molecule has 0 spiro atoms. The summed E-state index contributed by atoms with van der Waals surface area (Å²) in [6.07, 6.45) is 5.49. The van der Waals surface area contributed by atoms with Gasteiger partial charge in [-0.25, -0.2) is 0 Å². The topological polar surface area (TPSA) is 41.9 Å². The molecule has 3 rings (SSSR count). The maximum atomic E-state index is 4.42. The normalized spacial score (nSPS) is 9.88. The molecule has 0 saturated heterocycles. The first-order chi connectivity index (χ1) is 10.9. The molecule has 128 valence electrons. The van der Waals surface area contributed by atoms with Gasteiger partial charge < -0.3 is 12.4 Å². The van der Waals surface area contributed by atoms with Crippen molar-refractivity contribution in [2.24, 2.45) is 0 Å². The fourth-order valence-corrected chi connectivity index (χ4v) is 2.33. The van der Waals surface area contributed by atoms with Crippen molar-refractivity contribution in [1.29, 1.82) is 0 Å². The molecular weight excluding hydrogens is 371 g/mol. The quantitative estimate of drug-likeness (QED) is 0.560. The van der Waals surface area contributed by atoms with Gasteiger partial charge in [-0.3, -0.25) is 19.9 Å². The average molecular weight is 389 g/mol. The maximum Gasteiger partial charge on any atom is 1.00 e. The molecule has 4 nitrogen and oxygen atoms in total. The van der Waals surface area contributed by atoms with E-state index in [1.165, 1.54) is 0 Å². The molecule has 0 radical (unpaired) electrons. The predicted octanol–water partition coefficient (Wildman–Crippen LogP) is 0.0755. The molecular formula is C18H18ClCuN4. The van der Waals surface area contributed by atoms with E-state index in [0.717, 1.165) is 36.7 Å². The first kappa shape index (κ1) is 20.3. The van der Waals surface area contributed by atoms with Crippen LogP contribution in [0.15, 0.2) is 73.2 Å². The fraction of sp³-hybridized carbons (Fsp3) is 0.167. The van der Waals surface area contributed by atoms with Gasteiger partial charge in [-0.15, -0.1) is 0 Å². The Morgan fingerprint density at radius 1 is 0.583 bits per heavy atom. The molecule has 0 N–H and O–H groups in total. The third kappa shape index (κ3) is 6.38. The number of hydrogen-bond donors (Lipinski definition) is 0. The van der Waals surface area contributed by atoms with Crippen LogP contribution in [0.4, 0.5) is 0 Å². The fourth-order valence-electron chi connectivity index (χ4n) is 2.33. The smallest absolute Gasteiger partial charge is 1.00 e.